The number of likely N-dealkylation sites (N-methyl/N-ethyl adjacent to an activating group) is 1. The zero-order chi connectivity index (χ0) is 55.0. The molecule has 0 bridgehead atoms. The molecule has 0 aromatic rings. The second kappa shape index (κ2) is 53.8. The van der Waals surface area contributed by atoms with E-state index in [0.29, 0.717) is 23.9 Å². The van der Waals surface area contributed by atoms with Crippen LogP contribution in [0.3, 0.4) is 0 Å². The van der Waals surface area contributed by atoms with Gasteiger partial charge in [0.05, 0.1) is 33.8 Å². The maximum absolute atomic E-state index is 13.5. The van der Waals surface area contributed by atoms with E-state index in [2.05, 4.69) is 129 Å². The van der Waals surface area contributed by atoms with Gasteiger partial charge in [0.2, 0.25) is 5.91 Å². The predicted octanol–water partition coefficient (Wildman–Crippen LogP) is 17.7. The van der Waals surface area contributed by atoms with Gasteiger partial charge in [-0.25, -0.2) is 0 Å². The van der Waals surface area contributed by atoms with E-state index in [9.17, 15) is 19.0 Å². The van der Waals surface area contributed by atoms with Crippen molar-refractivity contribution in [3.05, 3.63) is 122 Å². The van der Waals surface area contributed by atoms with E-state index in [1.54, 1.807) is 0 Å². The van der Waals surface area contributed by atoms with Crippen molar-refractivity contribution in [2.75, 3.05) is 40.9 Å². The fourth-order valence-corrected chi connectivity index (χ4v) is 8.60. The van der Waals surface area contributed by atoms with Crippen LogP contribution in [-0.4, -0.2) is 69.4 Å². The number of carbonyl (C=O) groups is 2. The highest BCUT2D eigenvalue weighted by molar-refractivity contribution is 7.45. The van der Waals surface area contributed by atoms with Crippen molar-refractivity contribution in [3.8, 4) is 0 Å². The molecule has 1 N–H and O–H groups in total. The average Bonchev–Trinajstić information content (AvgIpc) is 3.37. The molecule has 0 aliphatic heterocycles. The third-order valence-electron chi connectivity index (χ3n) is 12.4. The maximum Gasteiger partial charge on any atom is 0.306 e. The molecule has 428 valence electrons. The Morgan fingerprint density at radius 3 is 1.43 bits per heavy atom. The number of esters is 1. The number of carbonyl (C=O) groups excluding carboxylic acids is 2. The topological polar surface area (TPSA) is 114 Å². The molecular weight excluding hydrogens is 952 g/mol. The summed E-state index contributed by atoms with van der Waals surface area (Å²) in [6.07, 6.45) is 74.6. The fraction of sp³-hybridized carbons (Fsp3) is 0.662. The first-order valence-electron chi connectivity index (χ1n) is 29.9. The highest BCUT2D eigenvalue weighted by Gasteiger charge is 2.27. The number of phosphoric ester groups is 1. The van der Waals surface area contributed by atoms with Gasteiger partial charge >= 0.3 is 5.97 Å². The first kappa shape index (κ1) is 71.4. The third-order valence-corrected chi connectivity index (χ3v) is 13.4. The van der Waals surface area contributed by atoms with Gasteiger partial charge < -0.3 is 28.5 Å². The third kappa shape index (κ3) is 55.0. The number of hydrogen-bond acceptors (Lipinski definition) is 7. The minimum Gasteiger partial charge on any atom is -0.756 e. The Balaban J connectivity index is 5.22. The Morgan fingerprint density at radius 2 is 0.920 bits per heavy atom. The van der Waals surface area contributed by atoms with Crippen LogP contribution in [0.4, 0.5) is 0 Å². The monoisotopic (exact) mass is 1060 g/mol. The summed E-state index contributed by atoms with van der Waals surface area (Å²) in [7, 11) is 1.14. The fourth-order valence-electron chi connectivity index (χ4n) is 7.88. The van der Waals surface area contributed by atoms with Crippen molar-refractivity contribution < 1.29 is 37.3 Å². The number of allylic oxidation sites excluding steroid dienone is 19. The number of hydrogen-bond donors (Lipinski definition) is 1. The van der Waals surface area contributed by atoms with Gasteiger partial charge in [0.25, 0.3) is 7.82 Å². The Hall–Kier alpha value is -3.59. The zero-order valence-corrected chi connectivity index (χ0v) is 49.6. The number of quaternary nitrogens is 1. The van der Waals surface area contributed by atoms with Gasteiger partial charge in [-0.05, 0) is 102 Å². The number of nitrogens with one attached hydrogen (secondary N) is 1. The molecule has 0 fully saturated rings. The summed E-state index contributed by atoms with van der Waals surface area (Å²) in [5.74, 6) is -0.593. The minimum absolute atomic E-state index is 0.0359. The molecule has 0 aromatic heterocycles. The van der Waals surface area contributed by atoms with E-state index in [1.807, 2.05) is 39.4 Å². The van der Waals surface area contributed by atoms with Crippen LogP contribution in [0.15, 0.2) is 122 Å². The molecule has 0 saturated carbocycles. The van der Waals surface area contributed by atoms with Crippen LogP contribution in [0.2, 0.25) is 0 Å². The molecule has 75 heavy (non-hydrogen) atoms. The quantitative estimate of drug-likeness (QED) is 0.0161. The Labute approximate surface area is 461 Å². The summed E-state index contributed by atoms with van der Waals surface area (Å²) >= 11 is 0. The van der Waals surface area contributed by atoms with E-state index in [1.165, 1.54) is 44.9 Å². The Kier molecular flexibility index (Phi) is 51.2. The van der Waals surface area contributed by atoms with Crippen molar-refractivity contribution >= 4 is 19.7 Å². The van der Waals surface area contributed by atoms with Gasteiger partial charge in [0, 0.05) is 12.8 Å². The lowest BCUT2D eigenvalue weighted by Crippen LogP contribution is -2.47. The second-order valence-electron chi connectivity index (χ2n) is 20.8. The first-order valence-corrected chi connectivity index (χ1v) is 31.3. The van der Waals surface area contributed by atoms with Crippen LogP contribution in [0.25, 0.3) is 0 Å². The molecule has 0 aliphatic carbocycles. The van der Waals surface area contributed by atoms with E-state index in [0.717, 1.165) is 135 Å². The molecule has 1 amide bonds. The summed E-state index contributed by atoms with van der Waals surface area (Å²) < 4.78 is 30.2. The van der Waals surface area contributed by atoms with E-state index < -0.39 is 26.6 Å². The molecule has 0 aliphatic rings. The summed E-state index contributed by atoms with van der Waals surface area (Å²) in [4.78, 5) is 39.9. The van der Waals surface area contributed by atoms with Gasteiger partial charge in [-0.1, -0.05) is 233 Å². The molecule has 3 atom stereocenters. The Bertz CT molecular complexity index is 1700. The summed E-state index contributed by atoms with van der Waals surface area (Å²) in [5, 5.41) is 3.00. The number of ether oxygens (including phenoxy) is 1. The average molecular weight is 1060 g/mol. The zero-order valence-electron chi connectivity index (χ0n) is 48.7. The summed E-state index contributed by atoms with van der Waals surface area (Å²) in [6, 6.07) is -0.912. The molecule has 9 nitrogen and oxygen atoms in total. The molecular formula is C65H111N2O7P. The van der Waals surface area contributed by atoms with Crippen LogP contribution in [0.1, 0.15) is 226 Å². The van der Waals surface area contributed by atoms with Crippen LogP contribution in [-0.2, 0) is 27.9 Å². The van der Waals surface area contributed by atoms with Gasteiger partial charge in [-0.3, -0.25) is 14.2 Å². The van der Waals surface area contributed by atoms with Gasteiger partial charge in [0.1, 0.15) is 19.3 Å². The van der Waals surface area contributed by atoms with Crippen LogP contribution < -0.4 is 10.2 Å². The highest BCUT2D eigenvalue weighted by Crippen LogP contribution is 2.38. The number of phosphoric acid groups is 1. The smallest absolute Gasteiger partial charge is 0.306 e. The lowest BCUT2D eigenvalue weighted by molar-refractivity contribution is -0.870. The SMILES string of the molecule is CC/C=C\C/C=C\C/C=C\C/C=C\C/C=C\C/C=C\CCCCCCCCC(=O)OC(/C=C\CCCCCCCCCCC)C(COP(=O)([O-])OCC[N+](C)(C)C)NC(=O)CCCCCCC\C=C/C=C/C=C/CC. The lowest BCUT2D eigenvalue weighted by atomic mass is 10.1. The molecule has 10 heteroatoms. The molecule has 0 aromatic carbocycles. The van der Waals surface area contributed by atoms with E-state index in [-0.39, 0.29) is 31.3 Å². The van der Waals surface area contributed by atoms with E-state index >= 15 is 0 Å². The van der Waals surface area contributed by atoms with Crippen molar-refractivity contribution in [1.29, 1.82) is 0 Å². The van der Waals surface area contributed by atoms with Crippen molar-refractivity contribution in [2.45, 2.75) is 238 Å². The molecule has 0 heterocycles. The number of nitrogens with zero attached hydrogens (tertiary/aromatic N) is 1. The molecule has 0 radical (unpaired) electrons. The number of unbranched alkanes of at least 4 members (excludes halogenated alkanes) is 20. The van der Waals surface area contributed by atoms with Crippen molar-refractivity contribution in [3.63, 3.8) is 0 Å². The van der Waals surface area contributed by atoms with Crippen LogP contribution in [0, 0.1) is 0 Å². The summed E-state index contributed by atoms with van der Waals surface area (Å²) in [5.41, 5.74) is 0. The molecule has 0 spiro atoms. The highest BCUT2D eigenvalue weighted by atomic mass is 31.2. The standard InChI is InChI=1S/C65H111N2O7P/c1-7-10-13-16-19-22-25-27-28-29-30-31-32-33-34-35-36-37-38-40-43-46-49-52-55-58-65(69)74-63(56-53-50-47-44-41-24-21-18-15-12-9-3)62(61-73-75(70,71)72-60-59-67(4,5)6)66-64(68)57-54-51-48-45-42-39-26-23-20-17-14-11-8-2/h10-11,13-14,17,19-20,22-23,26-28,30-31,33-34,36-37,53,56,62-63H,7-9,12,15-16,18,21,24-25,29,32,35,38-52,54-55,57-61H2,1-6H3,(H-,66,68,70,71)/b13-10-,14-11+,20-17+,22-19-,26-23-,28-27-,31-30-,34-33-,37-36-,56-53-. The van der Waals surface area contributed by atoms with Crippen molar-refractivity contribution in [2.24, 2.45) is 0 Å². The molecule has 0 rings (SSSR count). The van der Waals surface area contributed by atoms with Crippen molar-refractivity contribution in [1.82, 2.24) is 5.32 Å². The minimum atomic E-state index is -4.71. The lowest BCUT2D eigenvalue weighted by Gasteiger charge is -2.30. The Morgan fingerprint density at radius 1 is 0.493 bits per heavy atom. The number of amides is 1. The van der Waals surface area contributed by atoms with E-state index in [4.69, 9.17) is 13.8 Å². The predicted molar refractivity (Wildman–Crippen MR) is 320 cm³/mol. The van der Waals surface area contributed by atoms with Crippen LogP contribution in [0.5, 0.6) is 0 Å². The molecule has 0 saturated heterocycles. The van der Waals surface area contributed by atoms with Gasteiger partial charge in [-0.2, -0.15) is 0 Å². The molecule has 3 unspecified atom stereocenters. The van der Waals surface area contributed by atoms with Crippen LogP contribution >= 0.6 is 7.82 Å². The van der Waals surface area contributed by atoms with Gasteiger partial charge in [0.15, 0.2) is 0 Å². The second-order valence-corrected chi connectivity index (χ2v) is 22.2. The maximum atomic E-state index is 13.5. The normalized spacial score (nSPS) is 14.6. The largest absolute Gasteiger partial charge is 0.756 e. The summed E-state index contributed by atoms with van der Waals surface area (Å²) in [6.45, 7) is 6.54. The first-order chi connectivity index (χ1) is 36.4. The number of rotatable bonds is 52. The van der Waals surface area contributed by atoms with Gasteiger partial charge in [-0.15, -0.1) is 0 Å².